The molecule has 0 saturated carbocycles. The zero-order valence-electron chi connectivity index (χ0n) is 11.7. The van der Waals surface area contributed by atoms with Crippen LogP contribution in [0.5, 0.6) is 0 Å². The summed E-state index contributed by atoms with van der Waals surface area (Å²) < 4.78 is 31.2. The van der Waals surface area contributed by atoms with Gasteiger partial charge in [0.1, 0.15) is 0 Å². The van der Waals surface area contributed by atoms with E-state index < -0.39 is 16.0 Å². The standard InChI is InChI=1S/C13H18N2O5S/c1-20-13(17)11-6-10(14)2-3-12(11)21(18,19)15-5-4-9(7-15)8-16/h2-3,6,9,16H,4-5,7-8,14H2,1H3. The Balaban J connectivity index is 2.43. The minimum atomic E-state index is -3.82. The molecule has 0 radical (unpaired) electrons. The quantitative estimate of drug-likeness (QED) is 0.600. The summed E-state index contributed by atoms with van der Waals surface area (Å²) in [5, 5.41) is 9.13. The van der Waals surface area contributed by atoms with Crippen molar-refractivity contribution < 1.29 is 23.1 Å². The Morgan fingerprint density at radius 1 is 1.52 bits per heavy atom. The minimum Gasteiger partial charge on any atom is -0.465 e. The van der Waals surface area contributed by atoms with Crippen LogP contribution in [0.3, 0.4) is 0 Å². The molecule has 2 rings (SSSR count). The first-order valence-corrected chi connectivity index (χ1v) is 7.93. The van der Waals surface area contributed by atoms with E-state index in [0.29, 0.717) is 13.0 Å². The normalized spacial score (nSPS) is 19.6. The second-order valence-corrected chi connectivity index (χ2v) is 6.85. The van der Waals surface area contributed by atoms with Gasteiger partial charge in [0.15, 0.2) is 0 Å². The van der Waals surface area contributed by atoms with Gasteiger partial charge in [0, 0.05) is 25.4 Å². The summed E-state index contributed by atoms with van der Waals surface area (Å²) in [5.74, 6) is -0.825. The predicted octanol–water partition coefficient (Wildman–Crippen LogP) is 0.0583. The SMILES string of the molecule is COC(=O)c1cc(N)ccc1S(=O)(=O)N1CCC(CO)C1. The number of hydrogen-bond acceptors (Lipinski definition) is 6. The lowest BCUT2D eigenvalue weighted by molar-refractivity contribution is 0.0596. The molecular formula is C13H18N2O5S. The zero-order valence-corrected chi connectivity index (χ0v) is 12.5. The van der Waals surface area contributed by atoms with Crippen molar-refractivity contribution in [2.75, 3.05) is 32.5 Å². The van der Waals surface area contributed by atoms with Crippen LogP contribution >= 0.6 is 0 Å². The van der Waals surface area contributed by atoms with Crippen LogP contribution in [-0.2, 0) is 14.8 Å². The number of aliphatic hydroxyl groups is 1. The van der Waals surface area contributed by atoms with Crippen molar-refractivity contribution in [1.82, 2.24) is 4.31 Å². The van der Waals surface area contributed by atoms with E-state index in [-0.39, 0.29) is 35.2 Å². The molecule has 1 unspecified atom stereocenters. The lowest BCUT2D eigenvalue weighted by Gasteiger charge is -2.18. The first-order valence-electron chi connectivity index (χ1n) is 6.49. The van der Waals surface area contributed by atoms with Gasteiger partial charge < -0.3 is 15.6 Å². The molecule has 0 bridgehead atoms. The van der Waals surface area contributed by atoms with E-state index in [1.54, 1.807) is 0 Å². The van der Waals surface area contributed by atoms with Crippen LogP contribution in [0.25, 0.3) is 0 Å². The number of benzene rings is 1. The average Bonchev–Trinajstić information content (AvgIpc) is 2.95. The van der Waals surface area contributed by atoms with E-state index >= 15 is 0 Å². The van der Waals surface area contributed by atoms with E-state index in [9.17, 15) is 13.2 Å². The number of carbonyl (C=O) groups is 1. The maximum atomic E-state index is 12.6. The van der Waals surface area contributed by atoms with Gasteiger partial charge in [0.05, 0.1) is 17.6 Å². The molecule has 0 amide bonds. The molecule has 7 nitrogen and oxygen atoms in total. The second-order valence-electron chi connectivity index (χ2n) is 4.95. The molecule has 8 heteroatoms. The van der Waals surface area contributed by atoms with E-state index in [0.717, 1.165) is 0 Å². The van der Waals surface area contributed by atoms with Crippen molar-refractivity contribution in [1.29, 1.82) is 0 Å². The number of rotatable bonds is 4. The fraction of sp³-hybridized carbons (Fsp3) is 0.462. The summed E-state index contributed by atoms with van der Waals surface area (Å²) in [4.78, 5) is 11.6. The number of anilines is 1. The summed E-state index contributed by atoms with van der Waals surface area (Å²) in [6, 6.07) is 4.03. The number of nitrogens with zero attached hydrogens (tertiary/aromatic N) is 1. The Hall–Kier alpha value is -1.64. The molecule has 3 N–H and O–H groups in total. The smallest absolute Gasteiger partial charge is 0.339 e. The molecule has 21 heavy (non-hydrogen) atoms. The zero-order chi connectivity index (χ0) is 15.6. The number of nitrogens with two attached hydrogens (primary N) is 1. The van der Waals surface area contributed by atoms with Crippen molar-refractivity contribution >= 4 is 21.7 Å². The van der Waals surface area contributed by atoms with Crippen LogP contribution in [0.4, 0.5) is 5.69 Å². The third kappa shape index (κ3) is 3.02. The van der Waals surface area contributed by atoms with Crippen LogP contribution < -0.4 is 5.73 Å². The Morgan fingerprint density at radius 2 is 2.24 bits per heavy atom. The minimum absolute atomic E-state index is 0.0579. The van der Waals surface area contributed by atoms with Crippen LogP contribution in [0.15, 0.2) is 23.1 Å². The molecule has 1 atom stereocenters. The molecule has 1 fully saturated rings. The topological polar surface area (TPSA) is 110 Å². The number of hydrogen-bond donors (Lipinski definition) is 2. The third-order valence-corrected chi connectivity index (χ3v) is 5.46. The fourth-order valence-corrected chi connectivity index (χ4v) is 4.04. The highest BCUT2D eigenvalue weighted by Crippen LogP contribution is 2.27. The monoisotopic (exact) mass is 314 g/mol. The largest absolute Gasteiger partial charge is 0.465 e. The lowest BCUT2D eigenvalue weighted by atomic mass is 10.1. The van der Waals surface area contributed by atoms with E-state index in [1.807, 2.05) is 0 Å². The molecule has 0 spiro atoms. The van der Waals surface area contributed by atoms with Gasteiger partial charge in [-0.25, -0.2) is 13.2 Å². The van der Waals surface area contributed by atoms with Gasteiger partial charge in [-0.1, -0.05) is 0 Å². The van der Waals surface area contributed by atoms with E-state index in [1.165, 1.54) is 29.6 Å². The Bertz CT molecular complexity index is 644. The van der Waals surface area contributed by atoms with Gasteiger partial charge >= 0.3 is 5.97 Å². The van der Waals surface area contributed by atoms with Crippen LogP contribution in [0, 0.1) is 5.92 Å². The number of carbonyl (C=O) groups excluding carboxylic acids is 1. The summed E-state index contributed by atoms with van der Waals surface area (Å²) in [6.07, 6.45) is 0.595. The molecule has 1 aromatic carbocycles. The molecule has 1 aliphatic rings. The number of sulfonamides is 1. The molecule has 116 valence electrons. The summed E-state index contributed by atoms with van der Waals surface area (Å²) in [5.41, 5.74) is 5.81. The van der Waals surface area contributed by atoms with Crippen molar-refractivity contribution in [2.24, 2.45) is 5.92 Å². The van der Waals surface area contributed by atoms with Gasteiger partial charge in [-0.05, 0) is 30.5 Å². The van der Waals surface area contributed by atoms with E-state index in [2.05, 4.69) is 4.74 Å². The van der Waals surface area contributed by atoms with Gasteiger partial charge in [-0.15, -0.1) is 0 Å². The highest BCUT2D eigenvalue weighted by molar-refractivity contribution is 7.89. The highest BCUT2D eigenvalue weighted by atomic mass is 32.2. The van der Waals surface area contributed by atoms with Crippen molar-refractivity contribution in [3.63, 3.8) is 0 Å². The molecular weight excluding hydrogens is 296 g/mol. The number of ether oxygens (including phenoxy) is 1. The number of methoxy groups -OCH3 is 1. The molecule has 1 aliphatic heterocycles. The first-order chi connectivity index (χ1) is 9.90. The Morgan fingerprint density at radius 3 is 2.81 bits per heavy atom. The molecule has 1 aromatic rings. The van der Waals surface area contributed by atoms with Crippen LogP contribution in [-0.4, -0.2) is 50.6 Å². The maximum Gasteiger partial charge on any atom is 0.339 e. The summed E-state index contributed by atoms with van der Waals surface area (Å²) >= 11 is 0. The molecule has 0 aromatic heterocycles. The Kier molecular flexibility index (Phi) is 4.50. The van der Waals surface area contributed by atoms with E-state index in [4.69, 9.17) is 10.8 Å². The third-order valence-electron chi connectivity index (χ3n) is 3.53. The molecule has 0 aliphatic carbocycles. The van der Waals surface area contributed by atoms with Gasteiger partial charge in [0.25, 0.3) is 0 Å². The fourth-order valence-electron chi connectivity index (χ4n) is 2.35. The van der Waals surface area contributed by atoms with Gasteiger partial charge in [-0.2, -0.15) is 4.31 Å². The number of nitrogen functional groups attached to an aromatic ring is 1. The number of aliphatic hydroxyl groups excluding tert-OH is 1. The Labute approximate surface area is 123 Å². The number of esters is 1. The second kappa shape index (κ2) is 6.00. The first kappa shape index (κ1) is 15.7. The van der Waals surface area contributed by atoms with Crippen LogP contribution in [0.2, 0.25) is 0 Å². The van der Waals surface area contributed by atoms with Gasteiger partial charge in [0.2, 0.25) is 10.0 Å². The molecule has 1 heterocycles. The summed E-state index contributed by atoms with van der Waals surface area (Å²) in [6.45, 7) is 0.500. The predicted molar refractivity (Wildman–Crippen MR) is 76.1 cm³/mol. The van der Waals surface area contributed by atoms with Crippen molar-refractivity contribution in [3.05, 3.63) is 23.8 Å². The van der Waals surface area contributed by atoms with Crippen molar-refractivity contribution in [3.8, 4) is 0 Å². The summed E-state index contributed by atoms with van der Waals surface area (Å²) in [7, 11) is -2.64. The van der Waals surface area contributed by atoms with Crippen molar-refractivity contribution in [2.45, 2.75) is 11.3 Å². The van der Waals surface area contributed by atoms with Crippen LogP contribution in [0.1, 0.15) is 16.8 Å². The lowest BCUT2D eigenvalue weighted by Crippen LogP contribution is -2.30. The molecule has 1 saturated heterocycles. The average molecular weight is 314 g/mol. The van der Waals surface area contributed by atoms with Gasteiger partial charge in [-0.3, -0.25) is 0 Å². The highest BCUT2D eigenvalue weighted by Gasteiger charge is 2.34. The maximum absolute atomic E-state index is 12.6.